The second-order valence-electron chi connectivity index (χ2n) is 4.82. The van der Waals surface area contributed by atoms with Crippen LogP contribution in [0.3, 0.4) is 0 Å². The number of rotatable bonds is 4. The standard InChI is InChI=1S/C15H21N5.HI/c1-19(2)15(16-11-13-7-5-4-6-8-13)17-12-14-9-10-18-20(14)3;/h4-10H,11-12H2,1-3H3,(H,16,17);1H. The van der Waals surface area contributed by atoms with Crippen LogP contribution in [0.1, 0.15) is 11.3 Å². The molecule has 0 saturated carbocycles. The predicted molar refractivity (Wildman–Crippen MR) is 96.7 cm³/mol. The van der Waals surface area contributed by atoms with Crippen molar-refractivity contribution >= 4 is 29.9 Å². The predicted octanol–water partition coefficient (Wildman–Crippen LogP) is 2.25. The zero-order chi connectivity index (χ0) is 14.4. The molecule has 21 heavy (non-hydrogen) atoms. The molecule has 1 N–H and O–H groups in total. The Balaban J connectivity index is 0.00000220. The third-order valence-corrected chi connectivity index (χ3v) is 3.03. The summed E-state index contributed by atoms with van der Waals surface area (Å²) in [6, 6.07) is 12.2. The second-order valence-corrected chi connectivity index (χ2v) is 4.82. The Morgan fingerprint density at radius 1 is 1.24 bits per heavy atom. The van der Waals surface area contributed by atoms with E-state index in [1.54, 1.807) is 6.20 Å². The summed E-state index contributed by atoms with van der Waals surface area (Å²) in [5.41, 5.74) is 2.33. The fourth-order valence-electron chi connectivity index (χ4n) is 1.85. The molecule has 2 rings (SSSR count). The molecule has 0 saturated heterocycles. The number of hydrogen-bond donors (Lipinski definition) is 1. The SMILES string of the molecule is CN(C)C(=NCc1ccccc1)NCc1ccnn1C.I. The molecule has 0 fully saturated rings. The highest BCUT2D eigenvalue weighted by Gasteiger charge is 2.03. The van der Waals surface area contributed by atoms with Gasteiger partial charge in [0.25, 0.3) is 0 Å². The number of aromatic nitrogens is 2. The highest BCUT2D eigenvalue weighted by Crippen LogP contribution is 2.01. The van der Waals surface area contributed by atoms with E-state index in [9.17, 15) is 0 Å². The van der Waals surface area contributed by atoms with Gasteiger partial charge in [0.15, 0.2) is 5.96 Å². The van der Waals surface area contributed by atoms with Gasteiger partial charge in [0.05, 0.1) is 18.8 Å². The third kappa shape index (κ3) is 5.37. The monoisotopic (exact) mass is 399 g/mol. The van der Waals surface area contributed by atoms with E-state index in [1.165, 1.54) is 5.56 Å². The minimum atomic E-state index is 0. The number of halogens is 1. The zero-order valence-electron chi connectivity index (χ0n) is 12.7. The van der Waals surface area contributed by atoms with Crippen LogP contribution in [0.2, 0.25) is 0 Å². The van der Waals surface area contributed by atoms with Crippen molar-refractivity contribution < 1.29 is 0 Å². The molecule has 2 aromatic rings. The van der Waals surface area contributed by atoms with E-state index in [0.717, 1.165) is 11.7 Å². The number of nitrogens with zero attached hydrogens (tertiary/aromatic N) is 4. The van der Waals surface area contributed by atoms with Gasteiger partial charge in [-0.05, 0) is 11.6 Å². The first-order chi connectivity index (χ1) is 9.66. The number of aryl methyl sites for hydroxylation is 1. The fraction of sp³-hybridized carbons (Fsp3) is 0.333. The first kappa shape index (κ1) is 17.5. The Morgan fingerprint density at radius 3 is 2.52 bits per heavy atom. The van der Waals surface area contributed by atoms with Crippen LogP contribution >= 0.6 is 24.0 Å². The molecule has 1 aromatic heterocycles. The van der Waals surface area contributed by atoms with Crippen molar-refractivity contribution in [2.75, 3.05) is 14.1 Å². The molecule has 0 unspecified atom stereocenters. The van der Waals surface area contributed by atoms with Gasteiger partial charge in [-0.15, -0.1) is 24.0 Å². The number of aliphatic imine (C=N–C) groups is 1. The van der Waals surface area contributed by atoms with Crippen LogP contribution in [0.15, 0.2) is 47.6 Å². The molecule has 0 atom stereocenters. The van der Waals surface area contributed by atoms with Crippen molar-refractivity contribution in [3.05, 3.63) is 53.9 Å². The lowest BCUT2D eigenvalue weighted by Crippen LogP contribution is -2.36. The van der Waals surface area contributed by atoms with Gasteiger partial charge in [0.1, 0.15) is 0 Å². The summed E-state index contributed by atoms with van der Waals surface area (Å²) >= 11 is 0. The number of nitrogens with one attached hydrogen (secondary N) is 1. The highest BCUT2D eigenvalue weighted by molar-refractivity contribution is 14.0. The summed E-state index contributed by atoms with van der Waals surface area (Å²) in [7, 11) is 5.91. The van der Waals surface area contributed by atoms with E-state index in [4.69, 9.17) is 0 Å². The van der Waals surface area contributed by atoms with Crippen molar-refractivity contribution in [3.63, 3.8) is 0 Å². The van der Waals surface area contributed by atoms with Gasteiger partial charge in [-0.1, -0.05) is 30.3 Å². The fourth-order valence-corrected chi connectivity index (χ4v) is 1.85. The average molecular weight is 399 g/mol. The molecule has 114 valence electrons. The topological polar surface area (TPSA) is 45.4 Å². The van der Waals surface area contributed by atoms with Crippen LogP contribution in [0.5, 0.6) is 0 Å². The van der Waals surface area contributed by atoms with E-state index < -0.39 is 0 Å². The number of benzene rings is 1. The minimum absolute atomic E-state index is 0. The lowest BCUT2D eigenvalue weighted by Gasteiger charge is -2.17. The molecule has 5 nitrogen and oxygen atoms in total. The molecule has 1 aromatic carbocycles. The summed E-state index contributed by atoms with van der Waals surface area (Å²) in [6.07, 6.45) is 1.80. The first-order valence-electron chi connectivity index (χ1n) is 6.63. The molecule has 0 radical (unpaired) electrons. The Kier molecular flexibility index (Phi) is 7.21. The number of guanidine groups is 1. The van der Waals surface area contributed by atoms with Crippen LogP contribution in [-0.2, 0) is 20.1 Å². The summed E-state index contributed by atoms with van der Waals surface area (Å²) in [4.78, 5) is 6.61. The lowest BCUT2D eigenvalue weighted by molar-refractivity contribution is 0.571. The number of hydrogen-bond acceptors (Lipinski definition) is 2. The third-order valence-electron chi connectivity index (χ3n) is 3.03. The summed E-state index contributed by atoms with van der Waals surface area (Å²) in [6.45, 7) is 1.38. The molecule has 0 bridgehead atoms. The van der Waals surface area contributed by atoms with Gasteiger partial charge in [0, 0.05) is 27.3 Å². The maximum absolute atomic E-state index is 4.62. The van der Waals surface area contributed by atoms with Crippen molar-refractivity contribution in [2.45, 2.75) is 13.1 Å². The lowest BCUT2D eigenvalue weighted by atomic mass is 10.2. The van der Waals surface area contributed by atoms with Crippen LogP contribution in [0.25, 0.3) is 0 Å². The highest BCUT2D eigenvalue weighted by atomic mass is 127. The van der Waals surface area contributed by atoms with E-state index >= 15 is 0 Å². The Morgan fingerprint density at radius 2 is 1.95 bits per heavy atom. The summed E-state index contributed by atoms with van der Waals surface area (Å²) < 4.78 is 1.86. The molecular formula is C15H22IN5. The summed E-state index contributed by atoms with van der Waals surface area (Å²) in [5, 5.41) is 7.50. The van der Waals surface area contributed by atoms with Gasteiger partial charge in [-0.3, -0.25) is 4.68 Å². The van der Waals surface area contributed by atoms with Crippen LogP contribution in [0.4, 0.5) is 0 Å². The zero-order valence-corrected chi connectivity index (χ0v) is 15.0. The van der Waals surface area contributed by atoms with Crippen LogP contribution in [-0.4, -0.2) is 34.7 Å². The van der Waals surface area contributed by atoms with E-state index in [2.05, 4.69) is 27.5 Å². The molecular weight excluding hydrogens is 377 g/mol. The van der Waals surface area contributed by atoms with Crippen molar-refractivity contribution in [1.29, 1.82) is 0 Å². The van der Waals surface area contributed by atoms with Crippen molar-refractivity contribution in [3.8, 4) is 0 Å². The Hall–Kier alpha value is -1.57. The van der Waals surface area contributed by atoms with Gasteiger partial charge in [0.2, 0.25) is 0 Å². The normalized spacial score (nSPS) is 10.9. The second kappa shape index (κ2) is 8.66. The molecule has 0 aliphatic heterocycles. The van der Waals surface area contributed by atoms with Gasteiger partial charge >= 0.3 is 0 Å². The average Bonchev–Trinajstić information content (AvgIpc) is 2.85. The molecule has 0 amide bonds. The van der Waals surface area contributed by atoms with Gasteiger partial charge in [-0.2, -0.15) is 5.10 Å². The van der Waals surface area contributed by atoms with Gasteiger partial charge < -0.3 is 10.2 Å². The van der Waals surface area contributed by atoms with Gasteiger partial charge in [-0.25, -0.2) is 4.99 Å². The summed E-state index contributed by atoms with van der Waals surface area (Å²) in [5.74, 6) is 0.870. The molecule has 0 aliphatic carbocycles. The Bertz CT molecular complexity index is 562. The van der Waals surface area contributed by atoms with E-state index in [-0.39, 0.29) is 24.0 Å². The molecule has 0 aliphatic rings. The van der Waals surface area contributed by atoms with Crippen LogP contribution in [0, 0.1) is 0 Å². The maximum atomic E-state index is 4.62. The molecule has 1 heterocycles. The maximum Gasteiger partial charge on any atom is 0.194 e. The van der Waals surface area contributed by atoms with E-state index in [0.29, 0.717) is 13.1 Å². The quantitative estimate of drug-likeness (QED) is 0.488. The molecule has 0 spiro atoms. The minimum Gasteiger partial charge on any atom is -0.351 e. The van der Waals surface area contributed by atoms with Crippen molar-refractivity contribution in [2.24, 2.45) is 12.0 Å². The largest absolute Gasteiger partial charge is 0.351 e. The smallest absolute Gasteiger partial charge is 0.194 e. The Labute approximate surface area is 143 Å². The first-order valence-corrected chi connectivity index (χ1v) is 6.63. The van der Waals surface area contributed by atoms with E-state index in [1.807, 2.05) is 55.0 Å². The van der Waals surface area contributed by atoms with Crippen molar-refractivity contribution in [1.82, 2.24) is 20.0 Å². The molecule has 6 heteroatoms. The van der Waals surface area contributed by atoms with Crippen LogP contribution < -0.4 is 5.32 Å².